The van der Waals surface area contributed by atoms with E-state index in [2.05, 4.69) is 22.0 Å². The first-order chi connectivity index (χ1) is 9.54. The van der Waals surface area contributed by atoms with E-state index in [0.29, 0.717) is 6.54 Å². The molecule has 0 bridgehead atoms. The van der Waals surface area contributed by atoms with Crippen LogP contribution >= 0.6 is 0 Å². The molecule has 0 saturated carbocycles. The third-order valence-electron chi connectivity index (χ3n) is 3.19. The van der Waals surface area contributed by atoms with E-state index in [1.807, 2.05) is 13.8 Å². The van der Waals surface area contributed by atoms with Gasteiger partial charge >= 0.3 is 0 Å². The number of hydrogen-bond donors (Lipinski definition) is 3. The molecule has 0 saturated heterocycles. The van der Waals surface area contributed by atoms with Crippen LogP contribution in [0, 0.1) is 5.92 Å². The molecule has 1 aliphatic heterocycles. The van der Waals surface area contributed by atoms with Gasteiger partial charge in [-0.2, -0.15) is 0 Å². The summed E-state index contributed by atoms with van der Waals surface area (Å²) in [5, 5.41) is 8.81. The Morgan fingerprint density at radius 3 is 2.75 bits per heavy atom. The van der Waals surface area contributed by atoms with Crippen LogP contribution in [0.4, 0.5) is 0 Å². The third-order valence-corrected chi connectivity index (χ3v) is 3.19. The molecule has 1 heterocycles. The van der Waals surface area contributed by atoms with E-state index in [0.717, 1.165) is 19.5 Å². The van der Waals surface area contributed by atoms with E-state index in [1.165, 1.54) is 12.7 Å². The second-order valence-electron chi connectivity index (χ2n) is 5.26. The van der Waals surface area contributed by atoms with Crippen molar-refractivity contribution in [2.75, 3.05) is 33.4 Å². The van der Waals surface area contributed by atoms with Crippen LogP contribution in [0.15, 0.2) is 11.6 Å². The van der Waals surface area contributed by atoms with Crippen molar-refractivity contribution in [3.8, 4) is 0 Å². The highest BCUT2D eigenvalue weighted by Crippen LogP contribution is 2.05. The Morgan fingerprint density at radius 1 is 1.45 bits per heavy atom. The van der Waals surface area contributed by atoms with Gasteiger partial charge < -0.3 is 20.7 Å². The summed E-state index contributed by atoms with van der Waals surface area (Å²) in [4.78, 5) is 23.7. The molecule has 0 aliphatic carbocycles. The van der Waals surface area contributed by atoms with Crippen LogP contribution in [-0.4, -0.2) is 51.2 Å². The molecule has 1 rings (SSSR count). The van der Waals surface area contributed by atoms with E-state index in [9.17, 15) is 9.59 Å². The number of methoxy groups -OCH3 is 1. The van der Waals surface area contributed by atoms with Crippen molar-refractivity contribution in [3.05, 3.63) is 11.6 Å². The Morgan fingerprint density at radius 2 is 2.20 bits per heavy atom. The predicted molar refractivity (Wildman–Crippen MR) is 77.2 cm³/mol. The standard InChI is InChI=1S/C14H25N3O3/c1-10(2)13(17-12(18)9-20-3)14(19)16-8-11-4-6-15-7-5-11/h4,10,13,15H,5-9H2,1-3H3,(H,16,19)(H,17,18)/t13-/m0/s1. The summed E-state index contributed by atoms with van der Waals surface area (Å²) in [5.74, 6) is -0.399. The highest BCUT2D eigenvalue weighted by Gasteiger charge is 2.23. The van der Waals surface area contributed by atoms with Crippen molar-refractivity contribution < 1.29 is 14.3 Å². The third kappa shape index (κ3) is 5.71. The van der Waals surface area contributed by atoms with Crippen LogP contribution in [0.5, 0.6) is 0 Å². The number of nitrogens with one attached hydrogen (secondary N) is 3. The molecule has 0 aromatic rings. The minimum Gasteiger partial charge on any atom is -0.375 e. The van der Waals surface area contributed by atoms with Crippen LogP contribution in [0.3, 0.4) is 0 Å². The van der Waals surface area contributed by atoms with Crippen molar-refractivity contribution in [2.45, 2.75) is 26.3 Å². The molecule has 0 unspecified atom stereocenters. The zero-order chi connectivity index (χ0) is 15.0. The number of amides is 2. The van der Waals surface area contributed by atoms with Crippen molar-refractivity contribution >= 4 is 11.8 Å². The van der Waals surface area contributed by atoms with Gasteiger partial charge in [-0.15, -0.1) is 0 Å². The first-order valence-corrected chi connectivity index (χ1v) is 6.99. The lowest BCUT2D eigenvalue weighted by molar-refractivity contribution is -0.131. The molecule has 0 radical (unpaired) electrons. The van der Waals surface area contributed by atoms with Gasteiger partial charge in [0.1, 0.15) is 12.6 Å². The van der Waals surface area contributed by atoms with Crippen molar-refractivity contribution in [1.29, 1.82) is 0 Å². The fraction of sp³-hybridized carbons (Fsp3) is 0.714. The van der Waals surface area contributed by atoms with Crippen LogP contribution in [-0.2, 0) is 14.3 Å². The summed E-state index contributed by atoms with van der Waals surface area (Å²) >= 11 is 0. The molecule has 6 nitrogen and oxygen atoms in total. The fourth-order valence-electron chi connectivity index (χ4n) is 2.02. The summed E-state index contributed by atoms with van der Waals surface area (Å²) in [5.41, 5.74) is 1.22. The second kappa shape index (κ2) is 8.71. The van der Waals surface area contributed by atoms with E-state index < -0.39 is 6.04 Å². The summed E-state index contributed by atoms with van der Waals surface area (Å²) in [7, 11) is 1.45. The lowest BCUT2D eigenvalue weighted by Crippen LogP contribution is -2.51. The zero-order valence-electron chi connectivity index (χ0n) is 12.5. The molecular weight excluding hydrogens is 258 g/mol. The molecule has 0 spiro atoms. The van der Waals surface area contributed by atoms with E-state index in [1.54, 1.807) is 0 Å². The lowest BCUT2D eigenvalue weighted by atomic mass is 10.0. The van der Waals surface area contributed by atoms with Crippen molar-refractivity contribution in [1.82, 2.24) is 16.0 Å². The van der Waals surface area contributed by atoms with Gasteiger partial charge in [-0.25, -0.2) is 0 Å². The van der Waals surface area contributed by atoms with Gasteiger partial charge in [0.05, 0.1) is 0 Å². The van der Waals surface area contributed by atoms with Gasteiger partial charge in [0.25, 0.3) is 0 Å². The number of carbonyl (C=O) groups excluding carboxylic acids is 2. The normalized spacial score (nSPS) is 16.5. The van der Waals surface area contributed by atoms with Crippen molar-refractivity contribution in [2.24, 2.45) is 5.92 Å². The van der Waals surface area contributed by atoms with Gasteiger partial charge in [-0.3, -0.25) is 9.59 Å². The maximum atomic E-state index is 12.2. The highest BCUT2D eigenvalue weighted by molar-refractivity contribution is 5.88. The van der Waals surface area contributed by atoms with Gasteiger partial charge in [0.15, 0.2) is 0 Å². The molecule has 0 aromatic carbocycles. The van der Waals surface area contributed by atoms with E-state index >= 15 is 0 Å². The smallest absolute Gasteiger partial charge is 0.246 e. The first-order valence-electron chi connectivity index (χ1n) is 6.99. The quantitative estimate of drug-likeness (QED) is 0.566. The van der Waals surface area contributed by atoms with Crippen molar-refractivity contribution in [3.63, 3.8) is 0 Å². The Bertz CT molecular complexity index is 367. The molecule has 6 heteroatoms. The molecule has 20 heavy (non-hydrogen) atoms. The first kappa shape index (κ1) is 16.7. The minimum absolute atomic E-state index is 0.0257. The lowest BCUT2D eigenvalue weighted by Gasteiger charge is -2.22. The van der Waals surface area contributed by atoms with Gasteiger partial charge in [0, 0.05) is 20.2 Å². The Hall–Kier alpha value is -1.40. The van der Waals surface area contributed by atoms with Gasteiger partial charge in [-0.05, 0) is 18.9 Å². The average Bonchev–Trinajstić information content (AvgIpc) is 2.43. The molecule has 0 fully saturated rings. The van der Waals surface area contributed by atoms with E-state index in [-0.39, 0.29) is 24.3 Å². The van der Waals surface area contributed by atoms with Crippen LogP contribution in [0.25, 0.3) is 0 Å². The number of hydrogen-bond acceptors (Lipinski definition) is 4. The molecule has 1 aliphatic rings. The summed E-state index contributed by atoms with van der Waals surface area (Å²) < 4.78 is 4.76. The predicted octanol–water partition coefficient (Wildman–Crippen LogP) is -0.190. The maximum Gasteiger partial charge on any atom is 0.246 e. The van der Waals surface area contributed by atoms with Crippen LogP contribution in [0.2, 0.25) is 0 Å². The summed E-state index contributed by atoms with van der Waals surface area (Å²) in [6, 6.07) is -0.528. The van der Waals surface area contributed by atoms with Gasteiger partial charge in [-0.1, -0.05) is 25.5 Å². The monoisotopic (exact) mass is 283 g/mol. The fourth-order valence-corrected chi connectivity index (χ4v) is 2.02. The second-order valence-corrected chi connectivity index (χ2v) is 5.26. The highest BCUT2D eigenvalue weighted by atomic mass is 16.5. The van der Waals surface area contributed by atoms with E-state index in [4.69, 9.17) is 4.74 Å². The summed E-state index contributed by atoms with van der Waals surface area (Å²) in [6.45, 7) is 6.11. The Labute approximate surface area is 120 Å². The molecule has 3 N–H and O–H groups in total. The number of rotatable bonds is 7. The number of carbonyl (C=O) groups is 2. The molecule has 2 amide bonds. The molecule has 1 atom stereocenters. The molecular formula is C14H25N3O3. The zero-order valence-corrected chi connectivity index (χ0v) is 12.5. The SMILES string of the molecule is COCC(=O)N[C@H](C(=O)NCC1=CCNCC1)C(C)C. The van der Waals surface area contributed by atoms with Crippen LogP contribution in [0.1, 0.15) is 20.3 Å². The largest absolute Gasteiger partial charge is 0.375 e. The molecule has 0 aromatic heterocycles. The average molecular weight is 283 g/mol. The maximum absolute atomic E-state index is 12.2. The summed E-state index contributed by atoms with van der Waals surface area (Å²) in [6.07, 6.45) is 3.04. The van der Waals surface area contributed by atoms with Crippen LogP contribution < -0.4 is 16.0 Å². The Kier molecular flexibility index (Phi) is 7.25. The topological polar surface area (TPSA) is 79.5 Å². The number of ether oxygens (including phenoxy) is 1. The Balaban J connectivity index is 2.47. The van der Waals surface area contributed by atoms with Gasteiger partial charge in [0.2, 0.25) is 11.8 Å². The minimum atomic E-state index is -0.528. The molecule has 114 valence electrons.